The second-order valence-electron chi connectivity index (χ2n) is 13.3. The Kier molecular flexibility index (Phi) is 11.6. The van der Waals surface area contributed by atoms with Gasteiger partial charge in [-0.1, -0.05) is 41.0 Å². The van der Waals surface area contributed by atoms with Crippen LogP contribution in [-0.4, -0.2) is 75.1 Å². The van der Waals surface area contributed by atoms with Crippen molar-refractivity contribution in [3.63, 3.8) is 0 Å². The molecule has 0 spiro atoms. The van der Waals surface area contributed by atoms with Crippen LogP contribution in [0.15, 0.2) is 65.8 Å². The number of methoxy groups -OCH3 is 2. The smallest absolute Gasteiger partial charge is 0.347 e. The first kappa shape index (κ1) is 35.8. The predicted molar refractivity (Wildman–Crippen MR) is 186 cm³/mol. The van der Waals surface area contributed by atoms with Gasteiger partial charge in [0.2, 0.25) is 6.61 Å². The zero-order chi connectivity index (χ0) is 35.0. The van der Waals surface area contributed by atoms with Crippen molar-refractivity contribution in [1.29, 1.82) is 0 Å². The van der Waals surface area contributed by atoms with Crippen molar-refractivity contribution in [3.8, 4) is 23.0 Å². The van der Waals surface area contributed by atoms with Gasteiger partial charge in [-0.15, -0.1) is 0 Å². The number of ether oxygens (including phenoxy) is 5. The van der Waals surface area contributed by atoms with Gasteiger partial charge in [-0.25, -0.2) is 4.79 Å². The first-order valence-electron chi connectivity index (χ1n) is 16.2. The van der Waals surface area contributed by atoms with E-state index in [2.05, 4.69) is 15.4 Å². The van der Waals surface area contributed by atoms with E-state index in [-0.39, 0.29) is 40.7 Å². The summed E-state index contributed by atoms with van der Waals surface area (Å²) in [6.07, 6.45) is 2.03. The number of benzene rings is 3. The molecule has 2 saturated heterocycles. The Bertz CT molecular complexity index is 1630. The highest BCUT2D eigenvalue weighted by molar-refractivity contribution is 6.49. The highest BCUT2D eigenvalue weighted by Gasteiger charge is 2.43. The summed E-state index contributed by atoms with van der Waals surface area (Å²) in [5.74, 6) is 0.924. The molecule has 3 aromatic rings. The maximum atomic E-state index is 13.8. The number of fused-ring (bicyclic) bond motifs is 2. The van der Waals surface area contributed by atoms with Crippen LogP contribution in [0.2, 0.25) is 5.02 Å². The molecule has 0 atom stereocenters. The lowest BCUT2D eigenvalue weighted by molar-refractivity contribution is -0.160. The minimum atomic E-state index is -0.707. The number of nitrogens with one attached hydrogen (secondary N) is 1. The molecule has 2 aliphatic heterocycles. The van der Waals surface area contributed by atoms with E-state index in [1.807, 2.05) is 48.5 Å². The third-order valence-electron chi connectivity index (χ3n) is 8.48. The van der Waals surface area contributed by atoms with Gasteiger partial charge in [-0.3, -0.25) is 4.79 Å². The standard InChI is InChI=1S/C37H44ClN3O8/c1-36(2,3)49-31(42)22-48-40-33(35(43)39-23-37-16-18-41(24-37)19-17-37)29-14-15-30(46-20-25-6-10-27(44-4)11-7-25)34(32(29)38)47-21-26-8-12-28(45-5)13-9-26/h6-15H,16-24H2,1-5H3,(H,39,43)/b40-33-. The Morgan fingerprint density at radius 2 is 1.47 bits per heavy atom. The predicted octanol–water partition coefficient (Wildman–Crippen LogP) is 5.79. The van der Waals surface area contributed by atoms with Crippen LogP contribution in [0.1, 0.15) is 50.3 Å². The molecule has 2 heterocycles. The van der Waals surface area contributed by atoms with Gasteiger partial charge in [-0.2, -0.15) is 0 Å². The lowest BCUT2D eigenvalue weighted by atomic mass is 9.84. The molecule has 0 radical (unpaired) electrons. The van der Waals surface area contributed by atoms with Crippen LogP contribution in [0, 0.1) is 5.41 Å². The zero-order valence-corrected chi connectivity index (χ0v) is 29.4. The van der Waals surface area contributed by atoms with Crippen LogP contribution >= 0.6 is 11.6 Å². The molecule has 0 aromatic heterocycles. The highest BCUT2D eigenvalue weighted by Crippen LogP contribution is 2.41. The number of hydrogen-bond donors (Lipinski definition) is 1. The molecular weight excluding hydrogens is 650 g/mol. The fourth-order valence-electron chi connectivity index (χ4n) is 5.87. The third-order valence-corrected chi connectivity index (χ3v) is 8.86. The number of amides is 1. The van der Waals surface area contributed by atoms with Crippen LogP contribution in [0.4, 0.5) is 0 Å². The maximum absolute atomic E-state index is 13.8. The van der Waals surface area contributed by atoms with E-state index >= 15 is 0 Å². The molecule has 1 N–H and O–H groups in total. The minimum Gasteiger partial charge on any atom is -0.497 e. The monoisotopic (exact) mass is 693 g/mol. The number of rotatable bonds is 15. The van der Waals surface area contributed by atoms with Crippen molar-refractivity contribution in [1.82, 2.24) is 10.2 Å². The second-order valence-corrected chi connectivity index (χ2v) is 13.7. The molecule has 262 valence electrons. The first-order valence-corrected chi connectivity index (χ1v) is 16.6. The molecule has 2 bridgehead atoms. The van der Waals surface area contributed by atoms with Crippen molar-refractivity contribution in [2.24, 2.45) is 10.6 Å². The van der Waals surface area contributed by atoms with Gasteiger partial charge in [0.05, 0.1) is 19.2 Å². The average Bonchev–Trinajstić information content (AvgIpc) is 3.70. The molecule has 3 aromatic carbocycles. The lowest BCUT2D eigenvalue weighted by Crippen LogP contribution is -2.40. The highest BCUT2D eigenvalue weighted by atomic mass is 35.5. The number of nitrogens with zero attached hydrogens (tertiary/aromatic N) is 2. The molecule has 5 rings (SSSR count). The van der Waals surface area contributed by atoms with Gasteiger partial charge in [0, 0.05) is 24.1 Å². The van der Waals surface area contributed by atoms with Crippen molar-refractivity contribution in [3.05, 3.63) is 82.4 Å². The summed E-state index contributed by atoms with van der Waals surface area (Å²) in [7, 11) is 3.21. The molecule has 0 saturated carbocycles. The summed E-state index contributed by atoms with van der Waals surface area (Å²) < 4.78 is 28.4. The number of hydrogen-bond acceptors (Lipinski definition) is 10. The zero-order valence-electron chi connectivity index (χ0n) is 28.7. The molecular formula is C37H44ClN3O8. The van der Waals surface area contributed by atoms with Crippen LogP contribution < -0.4 is 24.3 Å². The molecule has 2 fully saturated rings. The van der Waals surface area contributed by atoms with Crippen LogP contribution in [-0.2, 0) is 32.4 Å². The van der Waals surface area contributed by atoms with Crippen molar-refractivity contribution >= 4 is 29.2 Å². The molecule has 0 aliphatic carbocycles. The normalized spacial score (nSPS) is 18.5. The van der Waals surface area contributed by atoms with Crippen LogP contribution in [0.5, 0.6) is 23.0 Å². The Morgan fingerprint density at radius 1 is 0.878 bits per heavy atom. The summed E-state index contributed by atoms with van der Waals surface area (Å²) in [6.45, 7) is 8.62. The Balaban J connectivity index is 1.43. The van der Waals surface area contributed by atoms with Gasteiger partial charge in [0.1, 0.15) is 30.3 Å². The Labute approximate surface area is 292 Å². The Morgan fingerprint density at radius 3 is 2.00 bits per heavy atom. The second kappa shape index (κ2) is 15.8. The van der Waals surface area contributed by atoms with Crippen molar-refractivity contribution < 1.29 is 38.1 Å². The average molecular weight is 694 g/mol. The van der Waals surface area contributed by atoms with E-state index in [4.69, 9.17) is 40.1 Å². The fraction of sp³-hybridized carbons (Fsp3) is 0.432. The van der Waals surface area contributed by atoms with E-state index in [9.17, 15) is 9.59 Å². The van der Waals surface area contributed by atoms with Crippen molar-refractivity contribution in [2.75, 3.05) is 47.0 Å². The van der Waals surface area contributed by atoms with E-state index < -0.39 is 24.1 Å². The Hall–Kier alpha value is -4.48. The summed E-state index contributed by atoms with van der Waals surface area (Å²) in [5, 5.41) is 7.29. The summed E-state index contributed by atoms with van der Waals surface area (Å²) >= 11 is 7.05. The molecule has 11 nitrogen and oxygen atoms in total. The number of piperidine rings is 1. The van der Waals surface area contributed by atoms with Crippen LogP contribution in [0.3, 0.4) is 0 Å². The van der Waals surface area contributed by atoms with Gasteiger partial charge in [0.25, 0.3) is 5.91 Å². The number of carbonyl (C=O) groups excluding carboxylic acids is 2. The van der Waals surface area contributed by atoms with E-state index in [0.717, 1.165) is 49.4 Å². The van der Waals surface area contributed by atoms with Gasteiger partial charge in [-0.05, 0) is 94.2 Å². The topological polar surface area (TPSA) is 117 Å². The molecule has 1 amide bonds. The van der Waals surface area contributed by atoms with E-state index in [1.165, 1.54) is 0 Å². The molecule has 0 unspecified atom stereocenters. The number of oxime groups is 1. The fourth-order valence-corrected chi connectivity index (χ4v) is 6.17. The summed E-state index contributed by atoms with van der Waals surface area (Å²) in [5.41, 5.74) is 1.22. The SMILES string of the molecule is COc1ccc(COc2ccc(/C(=N/OCC(=O)OC(C)(C)C)C(=O)NCC34CCN(CC3)C4)c(Cl)c2OCc2ccc(OC)cc2)cc1. The number of esters is 1. The number of halogens is 1. The van der Waals surface area contributed by atoms with E-state index in [1.54, 1.807) is 47.1 Å². The maximum Gasteiger partial charge on any atom is 0.347 e. The first-order chi connectivity index (χ1) is 23.5. The minimum absolute atomic E-state index is 0.0216. The number of carbonyl (C=O) groups is 2. The molecule has 2 aliphatic rings. The molecule has 49 heavy (non-hydrogen) atoms. The molecule has 12 heteroatoms. The van der Waals surface area contributed by atoms with Gasteiger partial charge >= 0.3 is 5.97 Å². The lowest BCUT2D eigenvalue weighted by Gasteiger charge is -2.25. The van der Waals surface area contributed by atoms with E-state index in [0.29, 0.717) is 18.0 Å². The van der Waals surface area contributed by atoms with Crippen molar-refractivity contribution in [2.45, 2.75) is 52.4 Å². The quantitative estimate of drug-likeness (QED) is 0.120. The van der Waals surface area contributed by atoms with Gasteiger partial charge in [0.15, 0.2) is 17.2 Å². The van der Waals surface area contributed by atoms with Crippen LogP contribution in [0.25, 0.3) is 0 Å². The largest absolute Gasteiger partial charge is 0.497 e. The summed E-state index contributed by atoms with van der Waals surface area (Å²) in [4.78, 5) is 34.0. The third kappa shape index (κ3) is 9.57. The summed E-state index contributed by atoms with van der Waals surface area (Å²) in [6, 6.07) is 18.2. The van der Waals surface area contributed by atoms with Gasteiger partial charge < -0.3 is 38.7 Å².